The van der Waals surface area contributed by atoms with Crippen molar-refractivity contribution in [3.63, 3.8) is 0 Å². The van der Waals surface area contributed by atoms with Crippen LogP contribution < -0.4 is 0 Å². The van der Waals surface area contributed by atoms with E-state index in [2.05, 4.69) is 200 Å². The highest BCUT2D eigenvalue weighted by Crippen LogP contribution is 2.50. The molecule has 9 rings (SSSR count). The van der Waals surface area contributed by atoms with Gasteiger partial charge in [0.1, 0.15) is 0 Å². The first-order valence-electron chi connectivity index (χ1n) is 20.3. The lowest BCUT2D eigenvalue weighted by Gasteiger charge is -2.22. The Morgan fingerprint density at radius 1 is 0.421 bits per heavy atom. The second-order valence-electron chi connectivity index (χ2n) is 20.3. The molecule has 0 spiro atoms. The summed E-state index contributed by atoms with van der Waals surface area (Å²) in [5.74, 6) is 0. The second kappa shape index (κ2) is 12.3. The fraction of sp³-hybridized carbons (Fsp3) is 0.302. The summed E-state index contributed by atoms with van der Waals surface area (Å²) in [6.07, 6.45) is 0. The van der Waals surface area contributed by atoms with Gasteiger partial charge in [0.2, 0.25) is 5.69 Å². The van der Waals surface area contributed by atoms with E-state index in [9.17, 15) is 0 Å². The van der Waals surface area contributed by atoms with Crippen LogP contribution >= 0.6 is 11.3 Å². The van der Waals surface area contributed by atoms with Crippen LogP contribution in [0.4, 0.5) is 5.69 Å². The standard InChI is InChI=1S/C53H53N3S/c1-50(2,3)31-18-22-42-36(26-31)37-27-32(51(4,5)6)19-23-43(37)55(42)47-41(54-13)30-40-35-16-14-15-17-46(35)57-49(40)48(47)56-44-24-20-33(52(7,8)9)28-38(44)39-29-34(53(10,11)12)21-25-45(39)56/h14-30H,1-12H3. The SMILES string of the molecule is [C-]#[N+]c1cc2c(sc3ccccc32)c(-n2c3ccc(C(C)(C)C)cc3c3cc(C(C)(C)C)ccc32)c1-n1c2ccc(C(C)(C)C)cc2c2cc(C(C)(C)C)ccc21. The normalized spacial score (nSPS) is 13.2. The van der Waals surface area contributed by atoms with Gasteiger partial charge in [0.15, 0.2) is 0 Å². The van der Waals surface area contributed by atoms with E-state index in [1.165, 1.54) is 58.6 Å². The van der Waals surface area contributed by atoms with E-state index < -0.39 is 0 Å². The number of fused-ring (bicyclic) bond motifs is 9. The zero-order valence-corrected chi connectivity index (χ0v) is 36.4. The fourth-order valence-electron chi connectivity index (χ4n) is 8.73. The molecule has 0 atom stereocenters. The molecule has 0 aliphatic carbocycles. The van der Waals surface area contributed by atoms with Gasteiger partial charge in [-0.25, -0.2) is 4.85 Å². The van der Waals surface area contributed by atoms with E-state index in [-0.39, 0.29) is 21.7 Å². The quantitative estimate of drug-likeness (QED) is 0.156. The van der Waals surface area contributed by atoms with Gasteiger partial charge in [-0.1, -0.05) is 126 Å². The fourth-order valence-corrected chi connectivity index (χ4v) is 9.94. The third-order valence-corrected chi connectivity index (χ3v) is 13.4. The Bertz CT molecular complexity index is 3020. The van der Waals surface area contributed by atoms with E-state index in [1.807, 2.05) is 11.3 Å². The molecule has 286 valence electrons. The first-order chi connectivity index (χ1) is 26.8. The molecule has 4 heteroatoms. The zero-order valence-electron chi connectivity index (χ0n) is 35.6. The smallest absolute Gasteiger partial charge is 0.213 e. The van der Waals surface area contributed by atoms with Crippen molar-refractivity contribution in [2.75, 3.05) is 0 Å². The van der Waals surface area contributed by atoms with E-state index >= 15 is 0 Å². The van der Waals surface area contributed by atoms with Gasteiger partial charge in [0.25, 0.3) is 0 Å². The average molecular weight is 764 g/mol. The predicted molar refractivity (Wildman–Crippen MR) is 249 cm³/mol. The van der Waals surface area contributed by atoms with Gasteiger partial charge >= 0.3 is 0 Å². The molecule has 0 saturated carbocycles. The van der Waals surface area contributed by atoms with E-state index in [4.69, 9.17) is 6.57 Å². The molecule has 0 N–H and O–H groups in total. The van der Waals surface area contributed by atoms with Gasteiger partial charge in [-0.15, -0.1) is 11.3 Å². The molecule has 57 heavy (non-hydrogen) atoms. The van der Waals surface area contributed by atoms with Gasteiger partial charge in [-0.2, -0.15) is 0 Å². The molecule has 3 heterocycles. The minimum Gasteiger partial charge on any atom is -0.317 e. The van der Waals surface area contributed by atoms with Gasteiger partial charge in [-0.05, 0) is 115 Å². The lowest BCUT2D eigenvalue weighted by Crippen LogP contribution is -2.11. The largest absolute Gasteiger partial charge is 0.317 e. The molecule has 0 aliphatic rings. The van der Waals surface area contributed by atoms with Crippen LogP contribution in [0, 0.1) is 6.57 Å². The van der Waals surface area contributed by atoms with Crippen molar-refractivity contribution in [1.82, 2.24) is 9.13 Å². The predicted octanol–water partition coefficient (Wildman–Crippen LogP) is 16.0. The number of nitrogens with zero attached hydrogens (tertiary/aromatic N) is 3. The summed E-state index contributed by atoms with van der Waals surface area (Å²) < 4.78 is 7.32. The maximum atomic E-state index is 8.92. The monoisotopic (exact) mass is 763 g/mol. The molecule has 0 fully saturated rings. The average Bonchev–Trinajstić information content (AvgIpc) is 3.79. The molecule has 0 unspecified atom stereocenters. The number of hydrogen-bond acceptors (Lipinski definition) is 1. The summed E-state index contributed by atoms with van der Waals surface area (Å²) in [6.45, 7) is 36.4. The molecular formula is C53H53N3S. The molecule has 6 aromatic carbocycles. The van der Waals surface area contributed by atoms with Gasteiger partial charge < -0.3 is 9.13 Å². The highest BCUT2D eigenvalue weighted by atomic mass is 32.1. The number of aromatic nitrogens is 2. The zero-order chi connectivity index (χ0) is 40.6. The van der Waals surface area contributed by atoms with Crippen molar-refractivity contribution < 1.29 is 0 Å². The first kappa shape index (κ1) is 37.2. The van der Waals surface area contributed by atoms with Crippen molar-refractivity contribution in [3.8, 4) is 11.4 Å². The first-order valence-corrected chi connectivity index (χ1v) is 21.1. The minimum absolute atomic E-state index is 0.0149. The third-order valence-electron chi connectivity index (χ3n) is 12.2. The molecule has 3 aromatic heterocycles. The Morgan fingerprint density at radius 3 is 1.16 bits per heavy atom. The molecule has 0 radical (unpaired) electrons. The molecular weight excluding hydrogens is 711 g/mol. The Kier molecular flexibility index (Phi) is 8.04. The van der Waals surface area contributed by atoms with Crippen LogP contribution in [0.3, 0.4) is 0 Å². The van der Waals surface area contributed by atoms with Crippen LogP contribution in [0.2, 0.25) is 0 Å². The third kappa shape index (κ3) is 5.80. The summed E-state index contributed by atoms with van der Waals surface area (Å²) >= 11 is 1.83. The summed E-state index contributed by atoms with van der Waals surface area (Å²) in [5.41, 5.74) is 12.3. The van der Waals surface area contributed by atoms with Crippen molar-refractivity contribution in [1.29, 1.82) is 0 Å². The Hall–Kier alpha value is -5.37. The van der Waals surface area contributed by atoms with Crippen LogP contribution in [-0.4, -0.2) is 9.13 Å². The number of thiophene rings is 1. The Morgan fingerprint density at radius 2 is 0.789 bits per heavy atom. The van der Waals surface area contributed by atoms with Crippen LogP contribution in [0.5, 0.6) is 0 Å². The Balaban J connectivity index is 1.53. The topological polar surface area (TPSA) is 14.2 Å². The van der Waals surface area contributed by atoms with Crippen molar-refractivity contribution in [2.45, 2.75) is 105 Å². The molecule has 0 aliphatic heterocycles. The molecule has 0 bridgehead atoms. The van der Waals surface area contributed by atoms with E-state index in [0.717, 1.165) is 38.8 Å². The maximum Gasteiger partial charge on any atom is 0.213 e. The van der Waals surface area contributed by atoms with Gasteiger partial charge in [-0.3, -0.25) is 0 Å². The highest BCUT2D eigenvalue weighted by molar-refractivity contribution is 7.26. The summed E-state index contributed by atoms with van der Waals surface area (Å²) in [7, 11) is 0. The molecule has 0 saturated heterocycles. The highest BCUT2D eigenvalue weighted by Gasteiger charge is 2.29. The van der Waals surface area contributed by atoms with Crippen LogP contribution in [0.1, 0.15) is 105 Å². The Labute approximate surface area is 341 Å². The molecule has 3 nitrogen and oxygen atoms in total. The van der Waals surface area contributed by atoms with Crippen molar-refractivity contribution in [3.05, 3.63) is 137 Å². The van der Waals surface area contributed by atoms with Gasteiger partial charge in [0, 0.05) is 26.2 Å². The number of benzene rings is 6. The second-order valence-corrected chi connectivity index (χ2v) is 21.3. The van der Waals surface area contributed by atoms with Crippen molar-refractivity contribution in [2.24, 2.45) is 0 Å². The number of rotatable bonds is 2. The summed E-state index contributed by atoms with van der Waals surface area (Å²) in [5, 5.41) is 7.22. The van der Waals surface area contributed by atoms with E-state index in [0.29, 0.717) is 5.69 Å². The molecule has 0 amide bonds. The van der Waals surface area contributed by atoms with Crippen LogP contribution in [-0.2, 0) is 21.7 Å². The van der Waals surface area contributed by atoms with Crippen LogP contribution in [0.25, 0.3) is 80.0 Å². The summed E-state index contributed by atoms with van der Waals surface area (Å²) in [4.78, 5) is 4.43. The lowest BCUT2D eigenvalue weighted by molar-refractivity contribution is 0.590. The van der Waals surface area contributed by atoms with Gasteiger partial charge in [0.05, 0.1) is 44.7 Å². The minimum atomic E-state index is -0.0200. The van der Waals surface area contributed by atoms with Crippen LogP contribution in [0.15, 0.2) is 103 Å². The maximum absolute atomic E-state index is 8.92. The number of hydrogen-bond donors (Lipinski definition) is 0. The van der Waals surface area contributed by atoms with E-state index in [1.54, 1.807) is 0 Å². The van der Waals surface area contributed by atoms with Crippen molar-refractivity contribution >= 4 is 80.8 Å². The lowest BCUT2D eigenvalue weighted by atomic mass is 9.85. The molecule has 9 aromatic rings. The summed E-state index contributed by atoms with van der Waals surface area (Å²) in [6, 6.07) is 39.0.